The minimum Gasteiger partial charge on any atom is -0.338 e. The van der Waals surface area contributed by atoms with Gasteiger partial charge < -0.3 is 4.90 Å². The van der Waals surface area contributed by atoms with Gasteiger partial charge >= 0.3 is 6.18 Å². The molecule has 7 nitrogen and oxygen atoms in total. The normalized spacial score (nSPS) is 20.1. The molecule has 0 spiro atoms. The molecule has 1 fully saturated rings. The van der Waals surface area contributed by atoms with Crippen molar-refractivity contribution in [1.29, 1.82) is 0 Å². The first-order valence-corrected chi connectivity index (χ1v) is 11.8. The van der Waals surface area contributed by atoms with Crippen molar-refractivity contribution in [2.24, 2.45) is 0 Å². The first-order valence-electron chi connectivity index (χ1n) is 8.72. The number of nitrogens with zero attached hydrogens (tertiary/aromatic N) is 4. The third-order valence-corrected chi connectivity index (χ3v) is 7.73. The fourth-order valence-electron chi connectivity index (χ4n) is 3.23. The van der Waals surface area contributed by atoms with E-state index in [-0.39, 0.29) is 33.2 Å². The predicted octanol–water partition coefficient (Wildman–Crippen LogP) is 2.92. The van der Waals surface area contributed by atoms with Crippen LogP contribution in [0.25, 0.3) is 5.65 Å². The monoisotopic (exact) mass is 470 g/mol. The fraction of sp³-hybridized carbons (Fsp3) is 0.562. The summed E-state index contributed by atoms with van der Waals surface area (Å²) < 4.78 is 63.8. The largest absolute Gasteiger partial charge is 0.417 e. The maximum atomic E-state index is 13.1. The molecule has 0 bridgehead atoms. The van der Waals surface area contributed by atoms with Gasteiger partial charge in [0.2, 0.25) is 5.91 Å². The van der Waals surface area contributed by atoms with E-state index in [0.29, 0.717) is 13.0 Å². The average Bonchev–Trinajstić information content (AvgIpc) is 3.18. The number of hydrogen-bond donors (Lipinski definition) is 0. The molecule has 1 aliphatic heterocycles. The SMILES string of the molecule is CCN(C(=O)[C@@H](C)Sc1nnc2c(Cl)cc(C(F)(F)F)cn12)[C@@H]1CCS(=O)(=O)C1. The molecule has 0 aromatic carbocycles. The number of carbonyl (C=O) groups excluding carboxylic acids is 1. The molecular formula is C16H18ClF3N4O3S2. The quantitative estimate of drug-likeness (QED) is 0.625. The van der Waals surface area contributed by atoms with Gasteiger partial charge in [0, 0.05) is 18.8 Å². The second-order valence-corrected chi connectivity index (χ2v) is 10.6. The summed E-state index contributed by atoms with van der Waals surface area (Å²) in [5.41, 5.74) is -0.905. The fourth-order valence-corrected chi connectivity index (χ4v) is 6.10. The Bertz CT molecular complexity index is 1040. The third-order valence-electron chi connectivity index (χ3n) is 4.66. The molecule has 3 rings (SSSR count). The number of fused-ring (bicyclic) bond motifs is 1. The lowest BCUT2D eigenvalue weighted by atomic mass is 10.2. The standard InChI is InChI=1S/C16H18ClF3N4O3S2/c1-3-23(11-4-5-29(26,27)8-11)14(25)9(2)28-15-22-21-13-12(17)6-10(7-24(13)15)16(18,19)20/h6-7,9,11H,3-5,8H2,1-2H3/t9-,11-/m1/s1. The van der Waals surface area contributed by atoms with Gasteiger partial charge in [0.15, 0.2) is 20.6 Å². The van der Waals surface area contributed by atoms with Gasteiger partial charge in [-0.1, -0.05) is 23.4 Å². The van der Waals surface area contributed by atoms with Gasteiger partial charge in [-0.2, -0.15) is 13.2 Å². The number of sulfone groups is 1. The molecule has 3 heterocycles. The molecule has 1 amide bonds. The van der Waals surface area contributed by atoms with E-state index in [4.69, 9.17) is 11.6 Å². The van der Waals surface area contributed by atoms with Gasteiger partial charge in [-0.3, -0.25) is 9.20 Å². The van der Waals surface area contributed by atoms with Crippen molar-refractivity contribution in [2.45, 2.75) is 42.9 Å². The zero-order valence-corrected chi connectivity index (χ0v) is 17.9. The lowest BCUT2D eigenvalue weighted by Crippen LogP contribution is -2.44. The number of alkyl halides is 3. The van der Waals surface area contributed by atoms with E-state index in [0.717, 1.165) is 28.4 Å². The van der Waals surface area contributed by atoms with E-state index in [1.165, 1.54) is 4.90 Å². The second kappa shape index (κ2) is 7.95. The Kier molecular flexibility index (Phi) is 6.08. The highest BCUT2D eigenvalue weighted by atomic mass is 35.5. The van der Waals surface area contributed by atoms with Gasteiger partial charge in [0.25, 0.3) is 0 Å². The number of amides is 1. The zero-order chi connectivity index (χ0) is 21.6. The van der Waals surface area contributed by atoms with Gasteiger partial charge in [0.05, 0.1) is 27.3 Å². The van der Waals surface area contributed by atoms with E-state index in [9.17, 15) is 26.4 Å². The van der Waals surface area contributed by atoms with E-state index < -0.39 is 32.9 Å². The van der Waals surface area contributed by atoms with Crippen molar-refractivity contribution < 1.29 is 26.4 Å². The lowest BCUT2D eigenvalue weighted by molar-refractivity contribution is -0.138. The summed E-state index contributed by atoms with van der Waals surface area (Å²) in [6.07, 6.45) is -3.39. The Labute approximate surface area is 174 Å². The number of rotatable bonds is 5. The molecule has 0 saturated carbocycles. The van der Waals surface area contributed by atoms with Crippen LogP contribution in [-0.2, 0) is 20.8 Å². The predicted molar refractivity (Wildman–Crippen MR) is 103 cm³/mol. The average molecular weight is 471 g/mol. The maximum Gasteiger partial charge on any atom is 0.417 e. The number of aromatic nitrogens is 3. The molecule has 2 atom stereocenters. The van der Waals surface area contributed by atoms with Gasteiger partial charge in [-0.25, -0.2) is 8.42 Å². The highest BCUT2D eigenvalue weighted by Gasteiger charge is 2.36. The molecule has 29 heavy (non-hydrogen) atoms. The van der Waals surface area contributed by atoms with Crippen molar-refractivity contribution in [3.63, 3.8) is 0 Å². The summed E-state index contributed by atoms with van der Waals surface area (Å²) in [6.45, 7) is 3.67. The minimum absolute atomic E-state index is 0.0382. The molecule has 13 heteroatoms. The number of halogens is 4. The number of pyridine rings is 1. The summed E-state index contributed by atoms with van der Waals surface area (Å²) in [6, 6.07) is 0.371. The second-order valence-electron chi connectivity index (χ2n) is 6.69. The van der Waals surface area contributed by atoms with Crippen molar-refractivity contribution in [3.05, 3.63) is 22.8 Å². The summed E-state index contributed by atoms with van der Waals surface area (Å²) >= 11 is 6.84. The first-order chi connectivity index (χ1) is 13.4. The summed E-state index contributed by atoms with van der Waals surface area (Å²) in [7, 11) is -3.16. The van der Waals surface area contributed by atoms with E-state index in [2.05, 4.69) is 10.2 Å². The van der Waals surface area contributed by atoms with Crippen LogP contribution in [0.15, 0.2) is 17.4 Å². The topological polar surface area (TPSA) is 84.6 Å². The molecule has 2 aromatic heterocycles. The van der Waals surface area contributed by atoms with Crippen LogP contribution in [0.5, 0.6) is 0 Å². The summed E-state index contributed by atoms with van der Waals surface area (Å²) in [5, 5.41) is 6.84. The summed E-state index contributed by atoms with van der Waals surface area (Å²) in [4.78, 5) is 14.4. The Morgan fingerprint density at radius 2 is 2.14 bits per heavy atom. The highest BCUT2D eigenvalue weighted by molar-refractivity contribution is 8.00. The molecule has 0 unspecified atom stereocenters. The number of thioether (sulfide) groups is 1. The molecule has 1 saturated heterocycles. The molecule has 160 valence electrons. The number of hydrogen-bond acceptors (Lipinski definition) is 6. The smallest absolute Gasteiger partial charge is 0.338 e. The van der Waals surface area contributed by atoms with Gasteiger partial charge in [0.1, 0.15) is 0 Å². The maximum absolute atomic E-state index is 13.1. The Hall–Kier alpha value is -1.53. The van der Waals surface area contributed by atoms with Crippen LogP contribution in [0.4, 0.5) is 13.2 Å². The van der Waals surface area contributed by atoms with Gasteiger partial charge in [-0.05, 0) is 26.3 Å². The van der Waals surface area contributed by atoms with Crippen LogP contribution in [0.1, 0.15) is 25.8 Å². The first kappa shape index (κ1) is 22.2. The molecule has 0 N–H and O–H groups in total. The number of carbonyl (C=O) groups is 1. The van der Waals surface area contributed by atoms with Crippen LogP contribution >= 0.6 is 23.4 Å². The van der Waals surface area contributed by atoms with Crippen molar-refractivity contribution in [2.75, 3.05) is 18.1 Å². The van der Waals surface area contributed by atoms with Crippen molar-refractivity contribution in [1.82, 2.24) is 19.5 Å². The van der Waals surface area contributed by atoms with E-state index in [1.807, 2.05) is 0 Å². The van der Waals surface area contributed by atoms with Crippen LogP contribution in [0.2, 0.25) is 5.02 Å². The van der Waals surface area contributed by atoms with Crippen LogP contribution in [0.3, 0.4) is 0 Å². The summed E-state index contributed by atoms with van der Waals surface area (Å²) in [5.74, 6) is -0.353. The third kappa shape index (κ3) is 4.64. The van der Waals surface area contributed by atoms with Crippen LogP contribution < -0.4 is 0 Å². The van der Waals surface area contributed by atoms with Crippen molar-refractivity contribution in [3.8, 4) is 0 Å². The van der Waals surface area contributed by atoms with Crippen molar-refractivity contribution >= 4 is 44.8 Å². The minimum atomic E-state index is -4.60. The van der Waals surface area contributed by atoms with E-state index >= 15 is 0 Å². The Morgan fingerprint density at radius 3 is 2.69 bits per heavy atom. The zero-order valence-electron chi connectivity index (χ0n) is 15.5. The van der Waals surface area contributed by atoms with E-state index in [1.54, 1.807) is 13.8 Å². The molecular weight excluding hydrogens is 453 g/mol. The molecule has 1 aliphatic rings. The molecule has 0 radical (unpaired) electrons. The lowest BCUT2D eigenvalue weighted by Gasteiger charge is -2.29. The Morgan fingerprint density at radius 1 is 1.45 bits per heavy atom. The molecule has 2 aromatic rings. The highest BCUT2D eigenvalue weighted by Crippen LogP contribution is 2.34. The van der Waals surface area contributed by atoms with Crippen LogP contribution in [0, 0.1) is 0 Å². The van der Waals surface area contributed by atoms with Crippen LogP contribution in [-0.4, -0.2) is 63.2 Å². The molecule has 0 aliphatic carbocycles. The Balaban J connectivity index is 1.84. The van der Waals surface area contributed by atoms with Gasteiger partial charge in [-0.15, -0.1) is 10.2 Å².